The molecule has 1 aliphatic rings. The zero-order valence-electron chi connectivity index (χ0n) is 12.5. The lowest BCUT2D eigenvalue weighted by molar-refractivity contribution is -0.127. The minimum absolute atomic E-state index is 0.208. The van der Waals surface area contributed by atoms with E-state index in [0.717, 1.165) is 16.7 Å². The Hall–Kier alpha value is -2.03. The number of hydrogen-bond donors (Lipinski definition) is 1. The molecule has 3 amide bonds. The number of nitrogens with zero attached hydrogens (tertiary/aromatic N) is 1. The van der Waals surface area contributed by atoms with E-state index >= 15 is 0 Å². The van der Waals surface area contributed by atoms with Crippen molar-refractivity contribution < 1.29 is 18.8 Å². The van der Waals surface area contributed by atoms with Crippen LogP contribution in [0.1, 0.15) is 5.76 Å². The molecule has 0 saturated carbocycles. The minimum Gasteiger partial charge on any atom is -0.465 e. The molecule has 3 rings (SSSR count). The van der Waals surface area contributed by atoms with E-state index in [4.69, 9.17) is 16.0 Å². The van der Waals surface area contributed by atoms with Crippen molar-refractivity contribution in [3.63, 3.8) is 0 Å². The minimum atomic E-state index is -0.532. The summed E-state index contributed by atoms with van der Waals surface area (Å²) in [7, 11) is 0. The van der Waals surface area contributed by atoms with Crippen LogP contribution in [0, 0.1) is 0 Å². The van der Waals surface area contributed by atoms with Gasteiger partial charge in [0.15, 0.2) is 0 Å². The first-order valence-corrected chi connectivity index (χ1v) is 8.96. The first kappa shape index (κ1) is 17.8. The number of hydrogen-bond acceptors (Lipinski definition) is 5. The molecule has 1 saturated heterocycles. The Balaban J connectivity index is 1.67. The van der Waals surface area contributed by atoms with Gasteiger partial charge < -0.3 is 9.73 Å². The van der Waals surface area contributed by atoms with Crippen LogP contribution in [0.3, 0.4) is 0 Å². The van der Waals surface area contributed by atoms with Gasteiger partial charge in [0.1, 0.15) is 12.3 Å². The number of nitrogens with one attached hydrogen (secondary N) is 1. The third-order valence-electron chi connectivity index (χ3n) is 3.20. The summed E-state index contributed by atoms with van der Waals surface area (Å²) < 4.78 is 5.82. The van der Waals surface area contributed by atoms with E-state index in [1.807, 2.05) is 0 Å². The molecule has 0 spiro atoms. The fourth-order valence-corrected chi connectivity index (χ4v) is 3.30. The van der Waals surface area contributed by atoms with Crippen LogP contribution in [0.15, 0.2) is 50.4 Å². The Morgan fingerprint density at radius 1 is 1.36 bits per heavy atom. The Kier molecular flexibility index (Phi) is 5.31. The summed E-state index contributed by atoms with van der Waals surface area (Å²) in [6.45, 7) is -0.381. The zero-order valence-corrected chi connectivity index (χ0v) is 15.7. The molecule has 1 aromatic heterocycles. The molecule has 1 aromatic carbocycles. The van der Waals surface area contributed by atoms with Gasteiger partial charge in [0, 0.05) is 16.2 Å². The second-order valence-electron chi connectivity index (χ2n) is 4.96. The summed E-state index contributed by atoms with van der Waals surface area (Å²) in [6, 6.07) is 8.24. The van der Waals surface area contributed by atoms with Gasteiger partial charge in [-0.2, -0.15) is 0 Å². The number of amides is 3. The smallest absolute Gasteiger partial charge is 0.294 e. The highest BCUT2D eigenvalue weighted by atomic mass is 79.9. The second-order valence-corrected chi connectivity index (χ2v) is 7.22. The molecule has 0 aliphatic carbocycles. The van der Waals surface area contributed by atoms with Gasteiger partial charge in [-0.15, -0.1) is 0 Å². The number of anilines is 1. The number of thioether (sulfide) groups is 1. The van der Waals surface area contributed by atoms with Crippen molar-refractivity contribution in [3.05, 3.63) is 56.8 Å². The lowest BCUT2D eigenvalue weighted by Gasteiger charge is -2.12. The summed E-state index contributed by atoms with van der Waals surface area (Å²) in [5.74, 6) is -0.574. The molecule has 0 radical (unpaired) electrons. The quantitative estimate of drug-likeness (QED) is 0.713. The number of imide groups is 1. The van der Waals surface area contributed by atoms with Crippen molar-refractivity contribution in [1.82, 2.24) is 4.90 Å². The molecule has 2 heterocycles. The maximum absolute atomic E-state index is 12.3. The van der Waals surface area contributed by atoms with Crippen molar-refractivity contribution in [1.29, 1.82) is 0 Å². The van der Waals surface area contributed by atoms with E-state index in [0.29, 0.717) is 20.9 Å². The molecule has 128 valence electrons. The number of furan rings is 1. The Bertz CT molecular complexity index is 882. The maximum atomic E-state index is 12.3. The summed E-state index contributed by atoms with van der Waals surface area (Å²) in [6.07, 6.45) is 2.93. The zero-order chi connectivity index (χ0) is 18.0. The fourth-order valence-electron chi connectivity index (χ4n) is 2.06. The maximum Gasteiger partial charge on any atom is 0.294 e. The molecule has 0 bridgehead atoms. The molecule has 2 aromatic rings. The van der Waals surface area contributed by atoms with Crippen molar-refractivity contribution in [2.24, 2.45) is 0 Å². The molecule has 6 nitrogen and oxygen atoms in total. The molecule has 0 unspecified atom stereocenters. The summed E-state index contributed by atoms with van der Waals surface area (Å²) in [4.78, 5) is 37.5. The number of carbonyl (C=O) groups excluding carboxylic acids is 3. The van der Waals surface area contributed by atoms with Crippen molar-refractivity contribution in [3.8, 4) is 0 Å². The van der Waals surface area contributed by atoms with Gasteiger partial charge in [-0.25, -0.2) is 0 Å². The lowest BCUT2D eigenvalue weighted by Crippen LogP contribution is -2.36. The van der Waals surface area contributed by atoms with Gasteiger partial charge in [0.25, 0.3) is 11.1 Å². The van der Waals surface area contributed by atoms with Crippen LogP contribution in [-0.4, -0.2) is 28.5 Å². The van der Waals surface area contributed by atoms with E-state index in [2.05, 4.69) is 21.2 Å². The van der Waals surface area contributed by atoms with Crippen molar-refractivity contribution >= 4 is 68.1 Å². The van der Waals surface area contributed by atoms with Crippen LogP contribution in [0.2, 0.25) is 5.02 Å². The molecule has 1 fully saturated rings. The van der Waals surface area contributed by atoms with E-state index in [1.54, 1.807) is 30.3 Å². The number of benzene rings is 1. The van der Waals surface area contributed by atoms with Crippen LogP contribution in [-0.2, 0) is 9.59 Å². The van der Waals surface area contributed by atoms with Gasteiger partial charge in [0.2, 0.25) is 5.91 Å². The van der Waals surface area contributed by atoms with E-state index in [-0.39, 0.29) is 11.4 Å². The van der Waals surface area contributed by atoms with Crippen LogP contribution in [0.4, 0.5) is 10.5 Å². The van der Waals surface area contributed by atoms with E-state index < -0.39 is 17.1 Å². The summed E-state index contributed by atoms with van der Waals surface area (Å²) >= 11 is 9.98. The monoisotopic (exact) mass is 440 g/mol. The van der Waals surface area contributed by atoms with Crippen molar-refractivity contribution in [2.75, 3.05) is 11.9 Å². The number of carbonyl (C=O) groups is 3. The normalized spacial score (nSPS) is 15.9. The highest BCUT2D eigenvalue weighted by molar-refractivity contribution is 9.10. The number of rotatable bonds is 4. The Morgan fingerprint density at radius 3 is 2.84 bits per heavy atom. The van der Waals surface area contributed by atoms with Crippen LogP contribution >= 0.6 is 39.3 Å². The average molecular weight is 442 g/mol. The Morgan fingerprint density at radius 2 is 2.16 bits per heavy atom. The van der Waals surface area contributed by atoms with Gasteiger partial charge in [-0.3, -0.25) is 19.3 Å². The third kappa shape index (κ3) is 4.15. The Labute approximate surface area is 160 Å². The van der Waals surface area contributed by atoms with E-state index in [9.17, 15) is 14.4 Å². The van der Waals surface area contributed by atoms with Gasteiger partial charge >= 0.3 is 0 Å². The van der Waals surface area contributed by atoms with E-state index in [1.165, 1.54) is 12.3 Å². The summed E-state index contributed by atoms with van der Waals surface area (Å²) in [5.41, 5.74) is 0.469. The van der Waals surface area contributed by atoms with Gasteiger partial charge in [0.05, 0.1) is 16.2 Å². The number of halogens is 2. The van der Waals surface area contributed by atoms with Gasteiger partial charge in [-0.05, 0) is 58.0 Å². The SMILES string of the molecule is O=C(CN1C(=O)S/C(=C/c2ccco2)C1=O)Nc1ccc(Br)c(Cl)c1. The highest BCUT2D eigenvalue weighted by Gasteiger charge is 2.36. The topological polar surface area (TPSA) is 79.6 Å². The van der Waals surface area contributed by atoms with Gasteiger partial charge in [-0.1, -0.05) is 11.6 Å². The molecule has 0 atom stereocenters. The predicted molar refractivity (Wildman–Crippen MR) is 99.2 cm³/mol. The fraction of sp³-hybridized carbons (Fsp3) is 0.0625. The first-order valence-electron chi connectivity index (χ1n) is 6.98. The first-order chi connectivity index (χ1) is 11.9. The second kappa shape index (κ2) is 7.47. The standard InChI is InChI=1S/C16H10BrClN2O4S/c17-11-4-3-9(6-12(11)18)19-14(21)8-20-15(22)13(25-16(20)23)7-10-2-1-5-24-10/h1-7H,8H2,(H,19,21)/b13-7+. The van der Waals surface area contributed by atoms with Crippen LogP contribution < -0.4 is 5.32 Å². The van der Waals surface area contributed by atoms with Crippen LogP contribution in [0.25, 0.3) is 6.08 Å². The lowest BCUT2D eigenvalue weighted by atomic mass is 10.3. The molecule has 1 aliphatic heterocycles. The summed E-state index contributed by atoms with van der Waals surface area (Å²) in [5, 5.41) is 2.53. The third-order valence-corrected chi connectivity index (χ3v) is 5.34. The largest absolute Gasteiger partial charge is 0.465 e. The molecule has 1 N–H and O–H groups in total. The average Bonchev–Trinajstić information content (AvgIpc) is 3.15. The predicted octanol–water partition coefficient (Wildman–Crippen LogP) is 4.37. The highest BCUT2D eigenvalue weighted by Crippen LogP contribution is 2.32. The van der Waals surface area contributed by atoms with Crippen LogP contribution in [0.5, 0.6) is 0 Å². The van der Waals surface area contributed by atoms with Crippen molar-refractivity contribution in [2.45, 2.75) is 0 Å². The molecular formula is C16H10BrClN2O4S. The molecule has 25 heavy (non-hydrogen) atoms. The molecule has 9 heteroatoms. The molecular weight excluding hydrogens is 432 g/mol.